The van der Waals surface area contributed by atoms with E-state index >= 15 is 0 Å². The maximum atomic E-state index is 12.5. The van der Waals surface area contributed by atoms with Gasteiger partial charge in [0, 0.05) is 48.4 Å². The number of aromatic nitrogens is 1. The molecule has 0 aliphatic carbocycles. The van der Waals surface area contributed by atoms with Crippen LogP contribution in [-0.4, -0.2) is 36.1 Å². The zero-order valence-corrected chi connectivity index (χ0v) is 16.7. The molecule has 29 heavy (non-hydrogen) atoms. The van der Waals surface area contributed by atoms with Crippen molar-refractivity contribution in [1.82, 2.24) is 10.3 Å². The summed E-state index contributed by atoms with van der Waals surface area (Å²) in [7, 11) is 0. The molecule has 1 aliphatic rings. The van der Waals surface area contributed by atoms with E-state index in [1.807, 2.05) is 45.0 Å². The fraction of sp³-hybridized carbons (Fsp3) is 0.273. The summed E-state index contributed by atoms with van der Waals surface area (Å²) < 4.78 is 0. The van der Waals surface area contributed by atoms with Crippen LogP contribution in [0, 0.1) is 32.1 Å². The van der Waals surface area contributed by atoms with Crippen LogP contribution < -0.4 is 10.6 Å². The summed E-state index contributed by atoms with van der Waals surface area (Å²) in [6.07, 6.45) is 3.70. The number of H-pyrrole nitrogens is 1. The molecule has 0 unspecified atom stereocenters. The van der Waals surface area contributed by atoms with Crippen molar-refractivity contribution in [2.24, 2.45) is 4.99 Å². The Morgan fingerprint density at radius 1 is 1.31 bits per heavy atom. The number of aromatic amines is 1. The summed E-state index contributed by atoms with van der Waals surface area (Å²) in [4.78, 5) is 32.2. The number of hydrogen-bond acceptors (Lipinski definition) is 4. The molecule has 0 bridgehead atoms. The third-order valence-electron chi connectivity index (χ3n) is 4.79. The van der Waals surface area contributed by atoms with Gasteiger partial charge >= 0.3 is 0 Å². The number of amides is 2. The Balaban J connectivity index is 1.84. The minimum atomic E-state index is -0.338. The van der Waals surface area contributed by atoms with Gasteiger partial charge in [0.2, 0.25) is 0 Å². The van der Waals surface area contributed by atoms with E-state index in [1.54, 1.807) is 6.08 Å². The summed E-state index contributed by atoms with van der Waals surface area (Å²) in [6.45, 7) is 6.61. The zero-order valence-electron chi connectivity index (χ0n) is 16.7. The van der Waals surface area contributed by atoms with Crippen molar-refractivity contribution in [3.8, 4) is 6.07 Å². The zero-order chi connectivity index (χ0) is 21.0. The van der Waals surface area contributed by atoms with Gasteiger partial charge in [0.1, 0.15) is 0 Å². The Kier molecular flexibility index (Phi) is 6.05. The van der Waals surface area contributed by atoms with Crippen LogP contribution in [0.2, 0.25) is 0 Å². The molecule has 0 spiro atoms. The minimum Gasteiger partial charge on any atom is -0.358 e. The molecular weight excluding hydrogens is 366 g/mol. The molecule has 0 radical (unpaired) electrons. The Bertz CT molecular complexity index is 1070. The monoisotopic (exact) mass is 389 g/mol. The first kappa shape index (κ1) is 20.2. The van der Waals surface area contributed by atoms with E-state index in [0.717, 1.165) is 22.4 Å². The van der Waals surface area contributed by atoms with E-state index < -0.39 is 0 Å². The fourth-order valence-corrected chi connectivity index (χ4v) is 3.33. The van der Waals surface area contributed by atoms with Crippen molar-refractivity contribution in [2.75, 3.05) is 18.4 Å². The number of rotatable bonds is 6. The Labute approximate surface area is 169 Å². The van der Waals surface area contributed by atoms with Gasteiger partial charge in [-0.2, -0.15) is 5.26 Å². The molecule has 0 saturated heterocycles. The number of hydrogen-bond donors (Lipinski definition) is 3. The SMILES string of the molecule is Cc1ccc2c(c1)/C(=C/c1[nH]c(C)c(C(=O)N=CCNCCC#N)c1C)C(=O)N2. The number of aryl methyl sites for hydroxylation is 2. The van der Waals surface area contributed by atoms with E-state index in [0.29, 0.717) is 42.0 Å². The molecule has 1 aliphatic heterocycles. The predicted molar refractivity (Wildman–Crippen MR) is 114 cm³/mol. The number of anilines is 1. The summed E-state index contributed by atoms with van der Waals surface area (Å²) in [5.74, 6) is -0.498. The average Bonchev–Trinajstić information content (AvgIpc) is 3.14. The molecule has 0 saturated carbocycles. The standard InChI is InChI=1S/C22H23N5O2/c1-13-5-6-18-16(11-13)17(21(28)27-18)12-19-14(2)20(15(3)26-19)22(29)25-10-9-24-8-4-7-23/h5-6,10-12,24,26H,4,8-9H2,1-3H3,(H,27,28)/b17-12-,25-10?. The number of aliphatic imine (C=N–C) groups is 1. The highest BCUT2D eigenvalue weighted by Crippen LogP contribution is 2.34. The van der Waals surface area contributed by atoms with Gasteiger partial charge in [-0.3, -0.25) is 9.59 Å². The molecule has 7 nitrogen and oxygen atoms in total. The van der Waals surface area contributed by atoms with Crippen LogP contribution in [0.25, 0.3) is 11.6 Å². The molecule has 2 heterocycles. The number of benzene rings is 1. The number of carbonyl (C=O) groups is 2. The topological polar surface area (TPSA) is 110 Å². The molecule has 3 rings (SSSR count). The Hall–Kier alpha value is -3.50. The fourth-order valence-electron chi connectivity index (χ4n) is 3.33. The third kappa shape index (κ3) is 4.33. The third-order valence-corrected chi connectivity index (χ3v) is 4.79. The highest BCUT2D eigenvalue weighted by atomic mass is 16.2. The highest BCUT2D eigenvalue weighted by molar-refractivity contribution is 6.35. The van der Waals surface area contributed by atoms with Crippen molar-refractivity contribution in [3.63, 3.8) is 0 Å². The van der Waals surface area contributed by atoms with Crippen LogP contribution in [0.5, 0.6) is 0 Å². The minimum absolute atomic E-state index is 0.161. The molecule has 7 heteroatoms. The first-order chi connectivity index (χ1) is 13.9. The van der Waals surface area contributed by atoms with Gasteiger partial charge in [0.05, 0.1) is 17.2 Å². The second-order valence-corrected chi connectivity index (χ2v) is 6.95. The van der Waals surface area contributed by atoms with Crippen molar-refractivity contribution < 1.29 is 9.59 Å². The normalized spacial score (nSPS) is 14.3. The molecule has 1 aromatic heterocycles. The highest BCUT2D eigenvalue weighted by Gasteiger charge is 2.25. The van der Waals surface area contributed by atoms with Crippen molar-refractivity contribution in [1.29, 1.82) is 5.26 Å². The van der Waals surface area contributed by atoms with Crippen LogP contribution >= 0.6 is 0 Å². The second kappa shape index (κ2) is 8.67. The van der Waals surface area contributed by atoms with E-state index in [-0.39, 0.29) is 11.8 Å². The van der Waals surface area contributed by atoms with Gasteiger partial charge in [0.25, 0.3) is 11.8 Å². The first-order valence-corrected chi connectivity index (χ1v) is 9.40. The quantitative estimate of drug-likeness (QED) is 0.400. The predicted octanol–water partition coefficient (Wildman–Crippen LogP) is 3.15. The lowest BCUT2D eigenvalue weighted by atomic mass is 10.0. The number of fused-ring (bicyclic) bond motifs is 1. The van der Waals surface area contributed by atoms with Gasteiger partial charge in [-0.25, -0.2) is 4.99 Å². The van der Waals surface area contributed by atoms with Crippen LogP contribution in [0.1, 0.15) is 44.9 Å². The summed E-state index contributed by atoms with van der Waals surface area (Å²) in [5, 5.41) is 14.4. The summed E-state index contributed by atoms with van der Waals surface area (Å²) in [5.41, 5.74) is 5.96. The molecule has 0 atom stereocenters. The Morgan fingerprint density at radius 3 is 2.86 bits per heavy atom. The van der Waals surface area contributed by atoms with Crippen LogP contribution in [0.4, 0.5) is 5.69 Å². The van der Waals surface area contributed by atoms with Crippen LogP contribution in [-0.2, 0) is 4.79 Å². The Morgan fingerprint density at radius 2 is 2.10 bits per heavy atom. The van der Waals surface area contributed by atoms with Gasteiger partial charge in [-0.1, -0.05) is 11.6 Å². The number of nitrogens with zero attached hydrogens (tertiary/aromatic N) is 2. The van der Waals surface area contributed by atoms with E-state index in [2.05, 4.69) is 20.6 Å². The molecular formula is C22H23N5O2. The van der Waals surface area contributed by atoms with Crippen molar-refractivity contribution >= 4 is 35.4 Å². The number of carbonyl (C=O) groups excluding carboxylic acids is 2. The molecule has 2 amide bonds. The molecule has 0 fully saturated rings. The van der Waals surface area contributed by atoms with Gasteiger partial charge in [0.15, 0.2) is 0 Å². The maximum Gasteiger partial charge on any atom is 0.278 e. The van der Waals surface area contributed by atoms with Gasteiger partial charge in [-0.15, -0.1) is 0 Å². The lowest BCUT2D eigenvalue weighted by molar-refractivity contribution is -0.110. The van der Waals surface area contributed by atoms with E-state index in [9.17, 15) is 9.59 Å². The van der Waals surface area contributed by atoms with E-state index in [4.69, 9.17) is 5.26 Å². The summed E-state index contributed by atoms with van der Waals surface area (Å²) >= 11 is 0. The first-order valence-electron chi connectivity index (χ1n) is 9.40. The molecule has 148 valence electrons. The number of nitriles is 1. The lowest BCUT2D eigenvalue weighted by Crippen LogP contribution is -2.17. The molecule has 3 N–H and O–H groups in total. The number of nitrogens with one attached hydrogen (secondary N) is 3. The second-order valence-electron chi connectivity index (χ2n) is 6.95. The smallest absolute Gasteiger partial charge is 0.278 e. The lowest BCUT2D eigenvalue weighted by Gasteiger charge is -2.01. The van der Waals surface area contributed by atoms with Gasteiger partial charge < -0.3 is 15.6 Å². The van der Waals surface area contributed by atoms with Crippen LogP contribution in [0.15, 0.2) is 23.2 Å². The van der Waals surface area contributed by atoms with Crippen LogP contribution in [0.3, 0.4) is 0 Å². The van der Waals surface area contributed by atoms with E-state index in [1.165, 1.54) is 6.21 Å². The molecule has 2 aromatic rings. The van der Waals surface area contributed by atoms with Gasteiger partial charge in [-0.05, 0) is 44.5 Å². The van der Waals surface area contributed by atoms with Crippen molar-refractivity contribution in [3.05, 3.63) is 51.8 Å². The van der Waals surface area contributed by atoms with Crippen molar-refractivity contribution in [2.45, 2.75) is 27.2 Å². The summed E-state index contributed by atoms with van der Waals surface area (Å²) in [6, 6.07) is 7.86. The largest absolute Gasteiger partial charge is 0.358 e. The molecule has 1 aromatic carbocycles. The average molecular weight is 389 g/mol. The maximum absolute atomic E-state index is 12.5.